The van der Waals surface area contributed by atoms with Crippen molar-refractivity contribution in [1.82, 2.24) is 14.9 Å². The van der Waals surface area contributed by atoms with Gasteiger partial charge in [-0.1, -0.05) is 97.1 Å². The lowest BCUT2D eigenvalue weighted by Crippen LogP contribution is -2.25. The highest BCUT2D eigenvalue weighted by Crippen LogP contribution is 2.31. The van der Waals surface area contributed by atoms with Gasteiger partial charge in [-0.15, -0.1) is 0 Å². The second kappa shape index (κ2) is 23.6. The summed E-state index contributed by atoms with van der Waals surface area (Å²) in [7, 11) is 2.85. The fourth-order valence-corrected chi connectivity index (χ4v) is 7.91. The third kappa shape index (κ3) is 13.4. The number of hydrogen-bond donors (Lipinski definition) is 0. The molecule has 2 atom stereocenters. The zero-order valence-corrected chi connectivity index (χ0v) is 38.1. The van der Waals surface area contributed by atoms with Crippen molar-refractivity contribution in [3.63, 3.8) is 0 Å². The summed E-state index contributed by atoms with van der Waals surface area (Å²) in [6, 6.07) is 46.2. The molecule has 340 valence electrons. The molecule has 0 N–H and O–H groups in total. The zero-order chi connectivity index (χ0) is 46.1. The van der Waals surface area contributed by atoms with Crippen molar-refractivity contribution < 1.29 is 37.4 Å². The Hall–Kier alpha value is -7.24. The molecule has 11 nitrogen and oxygen atoms in total. The van der Waals surface area contributed by atoms with E-state index in [1.807, 2.05) is 123 Å². The Labute approximate surface area is 387 Å². The van der Waals surface area contributed by atoms with E-state index in [4.69, 9.17) is 23.0 Å². The van der Waals surface area contributed by atoms with Crippen LogP contribution in [0.1, 0.15) is 52.4 Å². The number of nitrogens with zero attached hydrogens (tertiary/aromatic N) is 3. The van der Waals surface area contributed by atoms with Crippen LogP contribution in [0.2, 0.25) is 0 Å². The van der Waals surface area contributed by atoms with Crippen molar-refractivity contribution in [3.8, 4) is 34.4 Å². The molecule has 0 radical (unpaired) electrons. The third-order valence-corrected chi connectivity index (χ3v) is 11.5. The number of likely N-dealkylation sites (tertiary alicyclic amines) is 1. The summed E-state index contributed by atoms with van der Waals surface area (Å²) in [5.74, 6) is 4.00. The van der Waals surface area contributed by atoms with Gasteiger partial charge in [0.25, 0.3) is 0 Å². The molecule has 1 fully saturated rings. The number of carbonyl (C=O) groups is 2. The molecule has 3 heterocycles. The molecule has 1 aliphatic heterocycles. The normalized spacial score (nSPS) is 14.7. The summed E-state index contributed by atoms with van der Waals surface area (Å²) in [4.78, 5) is 35.2. The van der Waals surface area contributed by atoms with Crippen molar-refractivity contribution in [1.29, 1.82) is 0 Å². The maximum atomic E-state index is 12.5. The number of allylic oxidation sites excluding steroid dienone is 1. The number of hydrogen-bond acceptors (Lipinski definition) is 11. The number of oxazole rings is 2. The van der Waals surface area contributed by atoms with Crippen LogP contribution >= 0.6 is 0 Å². The van der Waals surface area contributed by atoms with Gasteiger partial charge >= 0.3 is 11.9 Å². The number of carbonyl (C=O) groups excluding carboxylic acids is 2. The fraction of sp³-hybridized carbons (Fsp3) is 0.273. The molecule has 66 heavy (non-hydrogen) atoms. The van der Waals surface area contributed by atoms with Crippen LogP contribution in [-0.4, -0.2) is 54.1 Å². The third-order valence-electron chi connectivity index (χ3n) is 11.5. The number of aryl methyl sites for hydroxylation is 4. The van der Waals surface area contributed by atoms with E-state index >= 15 is 0 Å². The van der Waals surface area contributed by atoms with Gasteiger partial charge in [-0.25, -0.2) is 14.8 Å². The summed E-state index contributed by atoms with van der Waals surface area (Å²) < 4.78 is 33.4. The maximum absolute atomic E-state index is 12.5. The Bertz CT molecular complexity index is 2640. The predicted octanol–water partition coefficient (Wildman–Crippen LogP) is 11.0. The van der Waals surface area contributed by atoms with E-state index < -0.39 is 0 Å². The molecule has 0 spiro atoms. The van der Waals surface area contributed by atoms with E-state index in [9.17, 15) is 9.59 Å². The average molecular weight is 888 g/mol. The van der Waals surface area contributed by atoms with Crippen LogP contribution in [0.5, 0.6) is 11.5 Å². The predicted molar refractivity (Wildman–Crippen MR) is 253 cm³/mol. The second-order valence-corrected chi connectivity index (χ2v) is 16.2. The van der Waals surface area contributed by atoms with Crippen molar-refractivity contribution >= 4 is 11.9 Å². The molecule has 1 aliphatic rings. The highest BCUT2D eigenvalue weighted by Gasteiger charge is 2.37. The lowest BCUT2D eigenvalue weighted by atomic mass is 9.90. The zero-order valence-electron chi connectivity index (χ0n) is 38.1. The minimum atomic E-state index is -0.338. The van der Waals surface area contributed by atoms with Gasteiger partial charge in [0, 0.05) is 36.8 Å². The summed E-state index contributed by atoms with van der Waals surface area (Å²) in [6.07, 6.45) is 6.60. The molecule has 0 amide bonds. The van der Waals surface area contributed by atoms with Gasteiger partial charge in [0.15, 0.2) is 0 Å². The minimum absolute atomic E-state index is 0.0999. The van der Waals surface area contributed by atoms with Gasteiger partial charge in [0.1, 0.15) is 47.6 Å². The molecule has 0 aliphatic carbocycles. The van der Waals surface area contributed by atoms with Crippen molar-refractivity contribution in [3.05, 3.63) is 191 Å². The maximum Gasteiger partial charge on any atom is 0.330 e. The molecule has 1 saturated heterocycles. The Morgan fingerprint density at radius 3 is 1.68 bits per heavy atom. The smallest absolute Gasteiger partial charge is 0.330 e. The van der Waals surface area contributed by atoms with Crippen LogP contribution in [-0.2, 0) is 51.7 Å². The lowest BCUT2D eigenvalue weighted by molar-refractivity contribution is -0.146. The number of ether oxygens (including phenoxy) is 4. The van der Waals surface area contributed by atoms with Crippen LogP contribution in [0.25, 0.3) is 22.9 Å². The van der Waals surface area contributed by atoms with Gasteiger partial charge in [-0.2, -0.15) is 0 Å². The van der Waals surface area contributed by atoms with Gasteiger partial charge in [-0.05, 0) is 111 Å². The van der Waals surface area contributed by atoms with Crippen LogP contribution < -0.4 is 9.47 Å². The standard InChI is InChI=1S/C32H34N2O4.C23H23NO4/c1-23-30(33-31(38-23)26-13-7-4-8-14-26)22-37-28-15-9-12-24(18-28)16-17-27-20-34(21-29(27)32(35)36-2)19-25-10-5-3-6-11-25;1-17-21(24-23(28-17)19-11-4-3-5-12-19)16-27-20-13-8-10-18(15-20)9-6-7-14-22(25)26-2/h3-15,18,27,29H,16-17,19-22H2,1-2H3;3-5,7-8,10-15H,6,9,16H2,1-2H3/b;14-7+/t27-,29+;/m1./s1. The van der Waals surface area contributed by atoms with E-state index in [2.05, 4.69) is 56.0 Å². The first-order chi connectivity index (χ1) is 32.2. The minimum Gasteiger partial charge on any atom is -0.487 e. The summed E-state index contributed by atoms with van der Waals surface area (Å²) in [5, 5.41) is 0. The topological polar surface area (TPSA) is 126 Å². The van der Waals surface area contributed by atoms with Gasteiger partial charge in [0.2, 0.25) is 11.8 Å². The van der Waals surface area contributed by atoms with Gasteiger partial charge in [-0.3, -0.25) is 9.69 Å². The molecule has 0 bridgehead atoms. The van der Waals surface area contributed by atoms with Crippen molar-refractivity contribution in [2.45, 2.75) is 59.3 Å². The fourth-order valence-electron chi connectivity index (χ4n) is 7.91. The quantitative estimate of drug-likeness (QED) is 0.0604. The molecule has 2 aromatic heterocycles. The molecule has 8 rings (SSSR count). The van der Waals surface area contributed by atoms with Crippen LogP contribution in [0.3, 0.4) is 0 Å². The Kier molecular flexibility index (Phi) is 16.7. The number of aromatic nitrogens is 2. The molecular weight excluding hydrogens is 831 g/mol. The number of methoxy groups -OCH3 is 2. The highest BCUT2D eigenvalue weighted by molar-refractivity contribution is 5.81. The number of rotatable bonds is 18. The highest BCUT2D eigenvalue weighted by atomic mass is 16.5. The van der Waals surface area contributed by atoms with E-state index in [0.717, 1.165) is 96.4 Å². The van der Waals surface area contributed by atoms with E-state index in [1.54, 1.807) is 0 Å². The van der Waals surface area contributed by atoms with Crippen LogP contribution in [0.4, 0.5) is 0 Å². The summed E-state index contributed by atoms with van der Waals surface area (Å²) in [5.41, 5.74) is 7.05. The SMILES string of the molecule is COC(=O)/C=C/CCc1cccc(OCc2nc(-c3ccccc3)oc2C)c1.COC(=O)[C@H]1CN(Cc2ccccc2)C[C@H]1CCc1cccc(OCc2nc(-c3ccccc3)oc2C)c1. The van der Waals surface area contributed by atoms with E-state index in [1.165, 1.54) is 31.4 Å². The monoisotopic (exact) mass is 887 g/mol. The first-order valence-corrected chi connectivity index (χ1v) is 22.3. The van der Waals surface area contributed by atoms with Crippen LogP contribution in [0.15, 0.2) is 161 Å². The molecule has 0 saturated carbocycles. The Morgan fingerprint density at radius 2 is 1.15 bits per heavy atom. The van der Waals surface area contributed by atoms with E-state index in [-0.39, 0.29) is 23.8 Å². The second-order valence-electron chi connectivity index (χ2n) is 16.2. The molecule has 11 heteroatoms. The Morgan fingerprint density at radius 1 is 0.636 bits per heavy atom. The molecule has 5 aromatic carbocycles. The first kappa shape index (κ1) is 46.7. The largest absolute Gasteiger partial charge is 0.487 e. The lowest BCUT2D eigenvalue weighted by Gasteiger charge is -2.16. The van der Waals surface area contributed by atoms with Crippen molar-refractivity contribution in [2.24, 2.45) is 11.8 Å². The number of esters is 2. The van der Waals surface area contributed by atoms with Gasteiger partial charge < -0.3 is 27.8 Å². The molecule has 0 unspecified atom stereocenters. The summed E-state index contributed by atoms with van der Waals surface area (Å²) in [6.45, 7) is 6.96. The van der Waals surface area contributed by atoms with E-state index in [0.29, 0.717) is 25.0 Å². The van der Waals surface area contributed by atoms with Gasteiger partial charge in [0.05, 0.1) is 20.1 Å². The number of benzene rings is 5. The molecular formula is C55H57N3O8. The Balaban J connectivity index is 0.000000206. The molecule has 7 aromatic rings. The first-order valence-electron chi connectivity index (χ1n) is 22.3. The van der Waals surface area contributed by atoms with Crippen LogP contribution in [0, 0.1) is 25.7 Å². The average Bonchev–Trinajstić information content (AvgIpc) is 4.07. The summed E-state index contributed by atoms with van der Waals surface area (Å²) >= 11 is 0. The van der Waals surface area contributed by atoms with Crippen molar-refractivity contribution in [2.75, 3.05) is 27.3 Å².